The van der Waals surface area contributed by atoms with Gasteiger partial charge in [-0.25, -0.2) is 0 Å². The van der Waals surface area contributed by atoms with Crippen LogP contribution in [0.15, 0.2) is 71.3 Å². The van der Waals surface area contributed by atoms with Crippen LogP contribution in [0.4, 0.5) is 5.69 Å². The molecule has 0 aliphatic carbocycles. The van der Waals surface area contributed by atoms with Crippen LogP contribution in [0.5, 0.6) is 23.1 Å². The number of carbonyl (C=O) groups excluding carboxylic acids is 1. The van der Waals surface area contributed by atoms with Crippen LogP contribution in [0.1, 0.15) is 11.3 Å². The summed E-state index contributed by atoms with van der Waals surface area (Å²) in [5.41, 5.74) is 4.47. The Morgan fingerprint density at radius 3 is 2.52 bits per heavy atom. The van der Waals surface area contributed by atoms with Crippen molar-refractivity contribution in [3.8, 4) is 45.4 Å². The number of phenolic OH excluding ortho intramolecular Hbond substituents is 2. The van der Waals surface area contributed by atoms with Gasteiger partial charge >= 0.3 is 0 Å². The molecule has 0 radical (unpaired) electrons. The number of para-hydroxylation sites is 1. The second kappa shape index (κ2) is 12.0. The van der Waals surface area contributed by atoms with Crippen LogP contribution >= 0.6 is 0 Å². The maximum Gasteiger partial charge on any atom is 0.256 e. The van der Waals surface area contributed by atoms with E-state index in [0.717, 1.165) is 44.0 Å². The number of phenols is 2. The van der Waals surface area contributed by atoms with E-state index in [1.807, 2.05) is 36.4 Å². The lowest BCUT2D eigenvalue weighted by molar-refractivity contribution is -0.110. The van der Waals surface area contributed by atoms with Crippen LogP contribution in [0.25, 0.3) is 27.8 Å². The minimum Gasteiger partial charge on any atom is -0.507 e. The molecule has 1 aromatic heterocycles. The fourth-order valence-corrected chi connectivity index (χ4v) is 5.17. The second-order valence-corrected chi connectivity index (χ2v) is 10.1. The Morgan fingerprint density at radius 1 is 1.00 bits per heavy atom. The summed E-state index contributed by atoms with van der Waals surface area (Å²) in [5.74, 6) is 1.22. The molecule has 0 spiro atoms. The Labute approximate surface area is 242 Å². The quantitative estimate of drug-likeness (QED) is 0.246. The molecule has 0 bridgehead atoms. The Morgan fingerprint density at radius 2 is 1.76 bits per heavy atom. The van der Waals surface area contributed by atoms with E-state index in [9.17, 15) is 15.0 Å². The maximum absolute atomic E-state index is 12.8. The molecule has 216 valence electrons. The molecule has 0 atom stereocenters. The first-order valence-electron chi connectivity index (χ1n) is 13.7. The molecule has 4 aromatic rings. The number of nitrogens with zero attached hydrogens (tertiary/aromatic N) is 2. The molecule has 0 unspecified atom stereocenters. The highest BCUT2D eigenvalue weighted by atomic mass is 16.5. The van der Waals surface area contributed by atoms with Crippen LogP contribution in [-0.2, 0) is 16.0 Å². The standard InChI is InChI=1S/C32H31N3O7/c1-39-29-4-2-3-23(31(29)37)20-5-7-21(8-6-20)25-18-26-24(32(38)33-27(26)19-28(25)36)10-9-22-17-30(34-42-22)41-16-13-35-11-14-40-15-12-35/h2-8,10,17-19,36-37H,9,11-16H2,1H3,(H,33,38)/b24-10-. The first kappa shape index (κ1) is 27.4. The SMILES string of the molecule is COc1cccc(-c2ccc(-c3cc4c(cc3O)NC(=O)/C4=C\Cc3cc(OCCN4CCOCC4)no3)cc2)c1O. The molecule has 6 rings (SSSR count). The molecule has 1 fully saturated rings. The van der Waals surface area contributed by atoms with E-state index in [1.165, 1.54) is 7.11 Å². The van der Waals surface area contributed by atoms with Gasteiger partial charge in [0.15, 0.2) is 11.5 Å². The van der Waals surface area contributed by atoms with E-state index >= 15 is 0 Å². The van der Waals surface area contributed by atoms with Crippen molar-refractivity contribution in [2.45, 2.75) is 6.42 Å². The number of morpholine rings is 1. The van der Waals surface area contributed by atoms with Crippen molar-refractivity contribution in [1.82, 2.24) is 10.1 Å². The van der Waals surface area contributed by atoms with E-state index in [0.29, 0.717) is 58.4 Å². The number of fused-ring (bicyclic) bond motifs is 1. The zero-order valence-electron chi connectivity index (χ0n) is 23.1. The predicted octanol–water partition coefficient (Wildman–Crippen LogP) is 4.72. The van der Waals surface area contributed by atoms with Crippen molar-refractivity contribution < 1.29 is 33.7 Å². The molecule has 0 saturated carbocycles. The average molecular weight is 570 g/mol. The molecule has 3 aromatic carbocycles. The molecule has 10 heteroatoms. The molecule has 10 nitrogen and oxygen atoms in total. The first-order valence-corrected chi connectivity index (χ1v) is 13.7. The number of ether oxygens (including phenoxy) is 3. The zero-order chi connectivity index (χ0) is 29.1. The minimum absolute atomic E-state index is 0.0429. The lowest BCUT2D eigenvalue weighted by Gasteiger charge is -2.26. The minimum atomic E-state index is -0.258. The van der Waals surface area contributed by atoms with Gasteiger partial charge in [-0.3, -0.25) is 9.69 Å². The van der Waals surface area contributed by atoms with Gasteiger partial charge in [0.25, 0.3) is 11.8 Å². The Hall–Kier alpha value is -4.80. The first-order chi connectivity index (χ1) is 20.5. The van der Waals surface area contributed by atoms with Gasteiger partial charge in [0.2, 0.25) is 0 Å². The lowest BCUT2D eigenvalue weighted by atomic mass is 9.96. The number of rotatable bonds is 9. The van der Waals surface area contributed by atoms with Crippen LogP contribution in [0, 0.1) is 0 Å². The third-order valence-electron chi connectivity index (χ3n) is 7.45. The number of hydrogen-bond acceptors (Lipinski definition) is 9. The second-order valence-electron chi connectivity index (χ2n) is 10.1. The van der Waals surface area contributed by atoms with Gasteiger partial charge in [-0.15, -0.1) is 0 Å². The number of benzene rings is 3. The van der Waals surface area contributed by atoms with E-state index in [4.69, 9.17) is 18.7 Å². The molecule has 2 aliphatic heterocycles. The molecular formula is C32H31N3O7. The number of nitrogens with one attached hydrogen (secondary N) is 1. The van der Waals surface area contributed by atoms with Crippen molar-refractivity contribution in [2.24, 2.45) is 0 Å². The van der Waals surface area contributed by atoms with E-state index in [2.05, 4.69) is 15.4 Å². The van der Waals surface area contributed by atoms with E-state index in [-0.39, 0.29) is 17.4 Å². The van der Waals surface area contributed by atoms with Crippen LogP contribution in [0.2, 0.25) is 0 Å². The highest BCUT2D eigenvalue weighted by molar-refractivity contribution is 6.31. The molecule has 2 aliphatic rings. The number of amides is 1. The van der Waals surface area contributed by atoms with Crippen LogP contribution < -0.4 is 14.8 Å². The van der Waals surface area contributed by atoms with Gasteiger partial charge in [-0.1, -0.05) is 42.5 Å². The number of methoxy groups -OCH3 is 1. The van der Waals surface area contributed by atoms with Crippen LogP contribution in [0.3, 0.4) is 0 Å². The summed E-state index contributed by atoms with van der Waals surface area (Å²) in [4.78, 5) is 15.1. The van der Waals surface area contributed by atoms with Gasteiger partial charge in [-0.2, -0.15) is 0 Å². The predicted molar refractivity (Wildman–Crippen MR) is 157 cm³/mol. The van der Waals surface area contributed by atoms with Gasteiger partial charge in [-0.05, 0) is 28.4 Å². The fraction of sp³-hybridized carbons (Fsp3) is 0.250. The summed E-state index contributed by atoms with van der Waals surface area (Å²) in [6, 6.07) is 17.8. The monoisotopic (exact) mass is 569 g/mol. The summed E-state index contributed by atoms with van der Waals surface area (Å²) in [5, 5.41) is 28.1. The smallest absolute Gasteiger partial charge is 0.256 e. The summed E-state index contributed by atoms with van der Waals surface area (Å²) < 4.78 is 21.7. The van der Waals surface area contributed by atoms with Gasteiger partial charge in [0.1, 0.15) is 18.1 Å². The third kappa shape index (κ3) is 5.67. The number of aromatic hydroxyl groups is 2. The van der Waals surface area contributed by atoms with E-state index in [1.54, 1.807) is 30.3 Å². The lowest BCUT2D eigenvalue weighted by Crippen LogP contribution is -2.38. The number of carbonyl (C=O) groups is 1. The molecule has 1 saturated heterocycles. The number of allylic oxidation sites excluding steroid dienone is 1. The van der Waals surface area contributed by atoms with Gasteiger partial charge < -0.3 is 34.3 Å². The highest BCUT2D eigenvalue weighted by Crippen LogP contribution is 2.42. The fourth-order valence-electron chi connectivity index (χ4n) is 5.17. The molecule has 42 heavy (non-hydrogen) atoms. The zero-order valence-corrected chi connectivity index (χ0v) is 23.1. The third-order valence-corrected chi connectivity index (χ3v) is 7.45. The molecule has 1 amide bonds. The molecule has 3 heterocycles. The van der Waals surface area contributed by atoms with Crippen LogP contribution in [-0.4, -0.2) is 72.7 Å². The van der Waals surface area contributed by atoms with Crippen molar-refractivity contribution in [3.63, 3.8) is 0 Å². The highest BCUT2D eigenvalue weighted by Gasteiger charge is 2.26. The van der Waals surface area contributed by atoms with Gasteiger partial charge in [0.05, 0.1) is 26.0 Å². The normalized spacial score (nSPS) is 15.9. The van der Waals surface area contributed by atoms with Crippen molar-refractivity contribution in [2.75, 3.05) is 51.9 Å². The molecular weight excluding hydrogens is 538 g/mol. The summed E-state index contributed by atoms with van der Waals surface area (Å²) in [7, 11) is 1.51. The Bertz CT molecular complexity index is 1620. The largest absolute Gasteiger partial charge is 0.507 e. The maximum atomic E-state index is 12.8. The topological polar surface area (TPSA) is 127 Å². The van der Waals surface area contributed by atoms with E-state index < -0.39 is 0 Å². The number of aromatic nitrogens is 1. The number of anilines is 1. The molecule has 3 N–H and O–H groups in total. The summed E-state index contributed by atoms with van der Waals surface area (Å²) in [6.45, 7) is 4.54. The van der Waals surface area contributed by atoms with Gasteiger partial charge in [0, 0.05) is 60.5 Å². The number of hydrogen-bond donors (Lipinski definition) is 3. The van der Waals surface area contributed by atoms with Crippen molar-refractivity contribution >= 4 is 17.2 Å². The Balaban J connectivity index is 1.17. The van der Waals surface area contributed by atoms with Crippen molar-refractivity contribution in [3.05, 3.63) is 78.1 Å². The Kier molecular flexibility index (Phi) is 7.81. The summed E-state index contributed by atoms with van der Waals surface area (Å²) in [6.07, 6.45) is 2.13. The van der Waals surface area contributed by atoms with Crippen molar-refractivity contribution in [1.29, 1.82) is 0 Å². The average Bonchev–Trinajstić information content (AvgIpc) is 3.59. The summed E-state index contributed by atoms with van der Waals surface area (Å²) >= 11 is 0.